The number of hydrogen-bond donors (Lipinski definition) is 1. The monoisotopic (exact) mass is 460 g/mol. The molecule has 3 rings (SSSR count). The average molecular weight is 461 g/mol. The molecule has 1 N–H and O–H groups in total. The minimum atomic E-state index is -3.89. The van der Waals surface area contributed by atoms with E-state index in [9.17, 15) is 13.2 Å². The van der Waals surface area contributed by atoms with Gasteiger partial charge in [0, 0.05) is 13.1 Å². The van der Waals surface area contributed by atoms with Gasteiger partial charge in [0.05, 0.1) is 23.1 Å². The van der Waals surface area contributed by atoms with Crippen molar-refractivity contribution in [2.75, 3.05) is 19.7 Å². The van der Waals surface area contributed by atoms with Crippen molar-refractivity contribution in [3.05, 3.63) is 71.2 Å². The molecule has 0 aliphatic rings. The van der Waals surface area contributed by atoms with Crippen LogP contribution in [0.1, 0.15) is 19.4 Å². The van der Waals surface area contributed by atoms with E-state index in [4.69, 9.17) is 16.3 Å². The van der Waals surface area contributed by atoms with Gasteiger partial charge in [-0.1, -0.05) is 61.0 Å². The van der Waals surface area contributed by atoms with Crippen LogP contribution in [0.3, 0.4) is 0 Å². The third kappa shape index (κ3) is 5.36. The Bertz CT molecular complexity index is 1180. The number of benzene rings is 3. The van der Waals surface area contributed by atoms with Crippen LogP contribution in [-0.2, 0) is 21.4 Å². The summed E-state index contributed by atoms with van der Waals surface area (Å²) in [6, 6.07) is 18.1. The Morgan fingerprint density at radius 3 is 2.52 bits per heavy atom. The van der Waals surface area contributed by atoms with E-state index >= 15 is 0 Å². The molecule has 3 aromatic rings. The van der Waals surface area contributed by atoms with Crippen molar-refractivity contribution in [1.29, 1.82) is 0 Å². The van der Waals surface area contributed by atoms with E-state index in [2.05, 4.69) is 5.32 Å². The molecular formula is C23H25ClN2O4S. The van der Waals surface area contributed by atoms with Crippen LogP contribution in [0, 0.1) is 0 Å². The van der Waals surface area contributed by atoms with E-state index in [-0.39, 0.29) is 28.9 Å². The van der Waals surface area contributed by atoms with Gasteiger partial charge in [0.1, 0.15) is 5.75 Å². The number of nitrogens with zero attached hydrogens (tertiary/aromatic N) is 1. The second-order valence-corrected chi connectivity index (χ2v) is 9.22. The molecule has 0 fully saturated rings. The molecule has 0 heterocycles. The van der Waals surface area contributed by atoms with Crippen molar-refractivity contribution in [3.63, 3.8) is 0 Å². The topological polar surface area (TPSA) is 75.7 Å². The molecule has 0 unspecified atom stereocenters. The van der Waals surface area contributed by atoms with Crippen LogP contribution in [-0.4, -0.2) is 38.3 Å². The Hall–Kier alpha value is -2.61. The summed E-state index contributed by atoms with van der Waals surface area (Å²) in [5.74, 6) is 0.0365. The van der Waals surface area contributed by atoms with Gasteiger partial charge in [-0.3, -0.25) is 4.79 Å². The first-order valence-corrected chi connectivity index (χ1v) is 11.8. The van der Waals surface area contributed by atoms with E-state index in [1.807, 2.05) is 49.4 Å². The van der Waals surface area contributed by atoms with Gasteiger partial charge in [-0.25, -0.2) is 8.42 Å². The lowest BCUT2D eigenvalue weighted by molar-refractivity contribution is -0.121. The molecular weight excluding hydrogens is 436 g/mol. The van der Waals surface area contributed by atoms with Crippen LogP contribution in [0.25, 0.3) is 10.8 Å². The van der Waals surface area contributed by atoms with Gasteiger partial charge in [0.2, 0.25) is 15.9 Å². The number of nitrogens with one attached hydrogen (secondary N) is 1. The van der Waals surface area contributed by atoms with E-state index < -0.39 is 10.0 Å². The highest BCUT2D eigenvalue weighted by atomic mass is 35.5. The Morgan fingerprint density at radius 2 is 1.81 bits per heavy atom. The van der Waals surface area contributed by atoms with Gasteiger partial charge in [-0.05, 0) is 41.5 Å². The molecule has 0 spiro atoms. The number of carbonyl (C=O) groups is 1. The molecule has 0 saturated heterocycles. The lowest BCUT2D eigenvalue weighted by atomic mass is 10.0. The Balaban J connectivity index is 1.71. The van der Waals surface area contributed by atoms with Crippen molar-refractivity contribution in [3.8, 4) is 5.75 Å². The largest absolute Gasteiger partial charge is 0.492 e. The molecule has 0 aromatic heterocycles. The summed E-state index contributed by atoms with van der Waals surface area (Å²) in [5, 5.41) is 5.17. The zero-order valence-corrected chi connectivity index (χ0v) is 19.0. The maximum atomic E-state index is 13.0. The lowest BCUT2D eigenvalue weighted by Gasteiger charge is -2.20. The van der Waals surface area contributed by atoms with Crippen molar-refractivity contribution in [1.82, 2.24) is 9.62 Å². The summed E-state index contributed by atoms with van der Waals surface area (Å²) >= 11 is 6.15. The SMILES string of the molecule is CCOc1ccc(S(=O)(=O)N(CC)CC(=O)NCc2cccc3ccccc23)cc1Cl. The first-order valence-electron chi connectivity index (χ1n) is 10.0. The van der Waals surface area contributed by atoms with Crippen molar-refractivity contribution in [2.45, 2.75) is 25.3 Å². The van der Waals surface area contributed by atoms with Crippen LogP contribution in [0.5, 0.6) is 5.75 Å². The van der Waals surface area contributed by atoms with Crippen molar-refractivity contribution in [2.24, 2.45) is 0 Å². The maximum Gasteiger partial charge on any atom is 0.243 e. The number of sulfonamides is 1. The van der Waals surface area contributed by atoms with Gasteiger partial charge in [0.15, 0.2) is 0 Å². The number of fused-ring (bicyclic) bond motifs is 1. The molecule has 164 valence electrons. The number of ether oxygens (including phenoxy) is 1. The fourth-order valence-electron chi connectivity index (χ4n) is 3.29. The number of amides is 1. The van der Waals surface area contributed by atoms with Crippen LogP contribution in [0.2, 0.25) is 5.02 Å². The van der Waals surface area contributed by atoms with E-state index in [1.54, 1.807) is 6.92 Å². The van der Waals surface area contributed by atoms with Gasteiger partial charge >= 0.3 is 0 Å². The lowest BCUT2D eigenvalue weighted by Crippen LogP contribution is -2.40. The van der Waals surface area contributed by atoms with Gasteiger partial charge in [-0.15, -0.1) is 0 Å². The summed E-state index contributed by atoms with van der Waals surface area (Å²) in [5.41, 5.74) is 0.968. The van der Waals surface area contributed by atoms with Gasteiger partial charge in [-0.2, -0.15) is 4.31 Å². The van der Waals surface area contributed by atoms with E-state index in [0.29, 0.717) is 18.9 Å². The smallest absolute Gasteiger partial charge is 0.243 e. The minimum absolute atomic E-state index is 0.0182. The molecule has 0 radical (unpaired) electrons. The van der Waals surface area contributed by atoms with Crippen LogP contribution < -0.4 is 10.1 Å². The van der Waals surface area contributed by atoms with Crippen LogP contribution >= 0.6 is 11.6 Å². The number of rotatable bonds is 9. The third-order valence-electron chi connectivity index (χ3n) is 4.87. The number of halogens is 1. The molecule has 1 amide bonds. The summed E-state index contributed by atoms with van der Waals surface area (Å²) in [6.45, 7) is 4.10. The second-order valence-electron chi connectivity index (χ2n) is 6.87. The third-order valence-corrected chi connectivity index (χ3v) is 7.08. The molecule has 6 nitrogen and oxygen atoms in total. The Labute approximate surface area is 187 Å². The highest BCUT2D eigenvalue weighted by Gasteiger charge is 2.26. The first-order chi connectivity index (χ1) is 14.9. The van der Waals surface area contributed by atoms with Crippen molar-refractivity contribution < 1.29 is 17.9 Å². The summed E-state index contributed by atoms with van der Waals surface area (Å²) in [7, 11) is -3.89. The van der Waals surface area contributed by atoms with E-state index in [1.165, 1.54) is 18.2 Å². The molecule has 31 heavy (non-hydrogen) atoms. The zero-order chi connectivity index (χ0) is 22.4. The first kappa shape index (κ1) is 23.1. The minimum Gasteiger partial charge on any atom is -0.492 e. The molecule has 8 heteroatoms. The van der Waals surface area contributed by atoms with Gasteiger partial charge in [0.25, 0.3) is 0 Å². The highest BCUT2D eigenvalue weighted by Crippen LogP contribution is 2.28. The quantitative estimate of drug-likeness (QED) is 0.518. The molecule has 0 saturated carbocycles. The van der Waals surface area contributed by atoms with Gasteiger partial charge < -0.3 is 10.1 Å². The van der Waals surface area contributed by atoms with E-state index in [0.717, 1.165) is 20.6 Å². The normalized spacial score (nSPS) is 11.6. The average Bonchev–Trinajstić information content (AvgIpc) is 2.77. The molecule has 0 aliphatic carbocycles. The van der Waals surface area contributed by atoms with Crippen LogP contribution in [0.15, 0.2) is 65.6 Å². The second kappa shape index (κ2) is 10.1. The molecule has 0 atom stereocenters. The zero-order valence-electron chi connectivity index (χ0n) is 17.5. The fraction of sp³-hybridized carbons (Fsp3) is 0.261. The Kier molecular flexibility index (Phi) is 7.54. The summed E-state index contributed by atoms with van der Waals surface area (Å²) < 4.78 is 32.5. The standard InChI is InChI=1S/C23H25ClN2O4S/c1-3-26(31(28,29)19-12-13-22(30-4-2)21(24)14-19)16-23(27)25-15-18-10-7-9-17-8-5-6-11-20(17)18/h5-14H,3-4,15-16H2,1-2H3,(H,25,27). The molecule has 0 bridgehead atoms. The molecule has 0 aliphatic heterocycles. The number of carbonyl (C=O) groups excluding carboxylic acids is 1. The predicted molar refractivity (Wildman–Crippen MR) is 123 cm³/mol. The Morgan fingerprint density at radius 1 is 1.06 bits per heavy atom. The predicted octanol–water partition coefficient (Wildman–Crippen LogP) is 4.22. The maximum absolute atomic E-state index is 13.0. The number of likely N-dealkylation sites (N-methyl/N-ethyl adjacent to an activating group) is 1. The number of hydrogen-bond acceptors (Lipinski definition) is 4. The fourth-order valence-corrected chi connectivity index (χ4v) is 5.02. The summed E-state index contributed by atoms with van der Waals surface area (Å²) in [6.07, 6.45) is 0. The summed E-state index contributed by atoms with van der Waals surface area (Å²) in [4.78, 5) is 12.6. The molecule has 3 aromatic carbocycles. The van der Waals surface area contributed by atoms with Crippen LogP contribution in [0.4, 0.5) is 0 Å². The van der Waals surface area contributed by atoms with Crippen molar-refractivity contribution >= 4 is 38.3 Å². The highest BCUT2D eigenvalue weighted by molar-refractivity contribution is 7.89.